The third-order valence-electron chi connectivity index (χ3n) is 4.31. The van der Waals surface area contributed by atoms with Crippen molar-refractivity contribution in [2.75, 3.05) is 13.1 Å². The van der Waals surface area contributed by atoms with Crippen LogP contribution in [0.3, 0.4) is 0 Å². The molecule has 2 aromatic rings. The average Bonchev–Trinajstić information content (AvgIpc) is 3.03. The number of rotatable bonds is 5. The molecule has 3 N–H and O–H groups in total. The molecule has 0 saturated carbocycles. The van der Waals surface area contributed by atoms with E-state index in [1.165, 1.54) is 11.1 Å². The van der Waals surface area contributed by atoms with Crippen molar-refractivity contribution in [3.63, 3.8) is 0 Å². The van der Waals surface area contributed by atoms with E-state index in [4.69, 9.17) is 0 Å². The van der Waals surface area contributed by atoms with Gasteiger partial charge in [-0.05, 0) is 17.5 Å². The maximum Gasteiger partial charge on any atom is 0.237 e. The fourth-order valence-corrected chi connectivity index (χ4v) is 3.04. The van der Waals surface area contributed by atoms with Crippen LogP contribution >= 0.6 is 0 Å². The van der Waals surface area contributed by atoms with Gasteiger partial charge < -0.3 is 15.7 Å². The number of β-amino-alcohol motifs (C(OH)–C–C–N with tert-alkyl or cyclic N) is 1. The van der Waals surface area contributed by atoms with Crippen molar-refractivity contribution in [2.24, 2.45) is 0 Å². The second kappa shape index (κ2) is 7.40. The summed E-state index contributed by atoms with van der Waals surface area (Å²) in [4.78, 5) is 12.3. The molecule has 0 aliphatic carbocycles. The quantitative estimate of drug-likeness (QED) is 0.787. The van der Waals surface area contributed by atoms with E-state index in [1.807, 2.05) is 36.4 Å². The molecule has 0 aromatic heterocycles. The zero-order valence-electron chi connectivity index (χ0n) is 13.0. The molecule has 4 heteroatoms. The van der Waals surface area contributed by atoms with Crippen LogP contribution in [0.15, 0.2) is 60.7 Å². The van der Waals surface area contributed by atoms with Gasteiger partial charge >= 0.3 is 0 Å². The SMILES string of the molecule is O=C(NCC(c1ccccc1)c1ccccc1)[C@@H]1C[C@@H](O)CN1. The van der Waals surface area contributed by atoms with Gasteiger partial charge in [0.25, 0.3) is 0 Å². The first-order chi connectivity index (χ1) is 11.2. The fourth-order valence-electron chi connectivity index (χ4n) is 3.04. The lowest BCUT2D eigenvalue weighted by Gasteiger charge is -2.20. The molecule has 3 rings (SSSR count). The Morgan fingerprint density at radius 1 is 1.09 bits per heavy atom. The highest BCUT2D eigenvalue weighted by atomic mass is 16.3. The zero-order valence-corrected chi connectivity index (χ0v) is 13.0. The summed E-state index contributed by atoms with van der Waals surface area (Å²) in [6.45, 7) is 1.03. The molecule has 1 fully saturated rings. The van der Waals surface area contributed by atoms with Gasteiger partial charge in [0, 0.05) is 19.0 Å². The van der Waals surface area contributed by atoms with Crippen molar-refractivity contribution in [3.05, 3.63) is 71.8 Å². The number of hydrogen-bond donors (Lipinski definition) is 3. The maximum atomic E-state index is 12.3. The number of hydrogen-bond acceptors (Lipinski definition) is 3. The minimum Gasteiger partial charge on any atom is -0.392 e. The van der Waals surface area contributed by atoms with E-state index in [0.717, 1.165) is 0 Å². The molecule has 1 saturated heterocycles. The highest BCUT2D eigenvalue weighted by molar-refractivity contribution is 5.82. The van der Waals surface area contributed by atoms with Gasteiger partial charge in [-0.25, -0.2) is 0 Å². The summed E-state index contributed by atoms with van der Waals surface area (Å²) in [5, 5.41) is 15.6. The van der Waals surface area contributed by atoms with Crippen molar-refractivity contribution in [1.29, 1.82) is 0 Å². The van der Waals surface area contributed by atoms with Crippen LogP contribution in [0, 0.1) is 0 Å². The van der Waals surface area contributed by atoms with Gasteiger partial charge in [-0.2, -0.15) is 0 Å². The normalized spacial score (nSPS) is 20.6. The number of nitrogens with one attached hydrogen (secondary N) is 2. The molecular formula is C19H22N2O2. The van der Waals surface area contributed by atoms with E-state index in [-0.39, 0.29) is 17.9 Å². The Balaban J connectivity index is 1.71. The lowest BCUT2D eigenvalue weighted by molar-refractivity contribution is -0.122. The number of aliphatic hydroxyl groups excluding tert-OH is 1. The molecule has 2 atom stereocenters. The fraction of sp³-hybridized carbons (Fsp3) is 0.316. The van der Waals surface area contributed by atoms with E-state index in [9.17, 15) is 9.90 Å². The Morgan fingerprint density at radius 3 is 2.13 bits per heavy atom. The van der Waals surface area contributed by atoms with Crippen LogP contribution in [0.1, 0.15) is 23.5 Å². The lowest BCUT2D eigenvalue weighted by atomic mass is 9.91. The number of benzene rings is 2. The van der Waals surface area contributed by atoms with Gasteiger partial charge in [0.2, 0.25) is 5.91 Å². The summed E-state index contributed by atoms with van der Waals surface area (Å²) in [7, 11) is 0. The molecule has 1 heterocycles. The monoisotopic (exact) mass is 310 g/mol. The Bertz CT molecular complexity index is 591. The molecule has 0 spiro atoms. The number of carbonyl (C=O) groups is 1. The topological polar surface area (TPSA) is 61.4 Å². The predicted octanol–water partition coefficient (Wildman–Crippen LogP) is 1.66. The highest BCUT2D eigenvalue weighted by Gasteiger charge is 2.28. The second-order valence-electron chi connectivity index (χ2n) is 5.97. The van der Waals surface area contributed by atoms with Gasteiger partial charge in [-0.15, -0.1) is 0 Å². The molecule has 120 valence electrons. The van der Waals surface area contributed by atoms with Gasteiger partial charge in [-0.3, -0.25) is 4.79 Å². The summed E-state index contributed by atoms with van der Waals surface area (Å²) in [6, 6.07) is 20.1. The number of aliphatic hydroxyl groups is 1. The van der Waals surface area contributed by atoms with Crippen LogP contribution in [0.25, 0.3) is 0 Å². The molecule has 23 heavy (non-hydrogen) atoms. The molecule has 1 amide bonds. The minimum atomic E-state index is -0.426. The number of carbonyl (C=O) groups excluding carboxylic acids is 1. The first-order valence-electron chi connectivity index (χ1n) is 8.03. The van der Waals surface area contributed by atoms with Gasteiger partial charge in [0.15, 0.2) is 0 Å². The molecule has 0 radical (unpaired) electrons. The second-order valence-corrected chi connectivity index (χ2v) is 5.97. The minimum absolute atomic E-state index is 0.0431. The van der Waals surface area contributed by atoms with E-state index < -0.39 is 6.10 Å². The molecule has 1 aliphatic rings. The Morgan fingerprint density at radius 2 is 1.65 bits per heavy atom. The van der Waals surface area contributed by atoms with Crippen LogP contribution in [0.2, 0.25) is 0 Å². The summed E-state index contributed by atoms with van der Waals surface area (Å²) in [5.74, 6) is 0.0751. The van der Waals surface area contributed by atoms with Gasteiger partial charge in [0.05, 0.1) is 12.1 Å². The standard InChI is InChI=1S/C19H22N2O2/c22-16-11-18(20-12-16)19(23)21-13-17(14-7-3-1-4-8-14)15-9-5-2-6-10-15/h1-10,16-18,20,22H,11-13H2,(H,21,23)/t16-,18+/m1/s1. The lowest BCUT2D eigenvalue weighted by Crippen LogP contribution is -2.42. The largest absolute Gasteiger partial charge is 0.392 e. The van der Waals surface area contributed by atoms with Crippen molar-refractivity contribution < 1.29 is 9.90 Å². The zero-order chi connectivity index (χ0) is 16.1. The van der Waals surface area contributed by atoms with Crippen LogP contribution in [-0.2, 0) is 4.79 Å². The summed E-state index contributed by atoms with van der Waals surface area (Å²) in [5.41, 5.74) is 2.36. The van der Waals surface area contributed by atoms with E-state index >= 15 is 0 Å². The van der Waals surface area contributed by atoms with Crippen LogP contribution in [0.5, 0.6) is 0 Å². The maximum absolute atomic E-state index is 12.3. The average molecular weight is 310 g/mol. The molecule has 1 aliphatic heterocycles. The highest BCUT2D eigenvalue weighted by Crippen LogP contribution is 2.23. The molecular weight excluding hydrogens is 288 g/mol. The van der Waals surface area contributed by atoms with Crippen molar-refractivity contribution >= 4 is 5.91 Å². The van der Waals surface area contributed by atoms with Gasteiger partial charge in [0.1, 0.15) is 0 Å². The van der Waals surface area contributed by atoms with Crippen molar-refractivity contribution in [2.45, 2.75) is 24.5 Å². The Labute approximate surface area is 136 Å². The Hall–Kier alpha value is -2.17. The van der Waals surface area contributed by atoms with Crippen molar-refractivity contribution in [3.8, 4) is 0 Å². The first kappa shape index (κ1) is 15.7. The van der Waals surface area contributed by atoms with E-state index in [0.29, 0.717) is 19.5 Å². The molecule has 4 nitrogen and oxygen atoms in total. The summed E-state index contributed by atoms with van der Waals surface area (Å²) < 4.78 is 0. The third-order valence-corrected chi connectivity index (χ3v) is 4.31. The molecule has 2 aromatic carbocycles. The third kappa shape index (κ3) is 3.97. The smallest absolute Gasteiger partial charge is 0.237 e. The summed E-state index contributed by atoms with van der Waals surface area (Å²) in [6.07, 6.45) is 0.0532. The van der Waals surface area contributed by atoms with E-state index in [2.05, 4.69) is 34.9 Å². The molecule has 0 unspecified atom stereocenters. The Kier molecular flexibility index (Phi) is 5.05. The predicted molar refractivity (Wildman–Crippen MR) is 90.2 cm³/mol. The van der Waals surface area contributed by atoms with Crippen molar-refractivity contribution in [1.82, 2.24) is 10.6 Å². The van der Waals surface area contributed by atoms with Crippen LogP contribution < -0.4 is 10.6 Å². The summed E-state index contributed by atoms with van der Waals surface area (Å²) >= 11 is 0. The van der Waals surface area contributed by atoms with Crippen LogP contribution in [0.4, 0.5) is 0 Å². The molecule has 0 bridgehead atoms. The van der Waals surface area contributed by atoms with Crippen LogP contribution in [-0.4, -0.2) is 36.2 Å². The van der Waals surface area contributed by atoms with Gasteiger partial charge in [-0.1, -0.05) is 60.7 Å². The van der Waals surface area contributed by atoms with E-state index in [1.54, 1.807) is 0 Å². The number of amides is 1. The first-order valence-corrected chi connectivity index (χ1v) is 8.03.